The van der Waals surface area contributed by atoms with Gasteiger partial charge >= 0.3 is 5.97 Å². The van der Waals surface area contributed by atoms with Crippen molar-refractivity contribution in [3.63, 3.8) is 0 Å². The van der Waals surface area contributed by atoms with Gasteiger partial charge in [-0.2, -0.15) is 0 Å². The van der Waals surface area contributed by atoms with Gasteiger partial charge in [0.2, 0.25) is 0 Å². The van der Waals surface area contributed by atoms with E-state index in [1.54, 1.807) is 18.2 Å². The number of halogens is 1. The maximum absolute atomic E-state index is 13.1. The zero-order chi connectivity index (χ0) is 20.0. The lowest BCUT2D eigenvalue weighted by molar-refractivity contribution is -0.154. The summed E-state index contributed by atoms with van der Waals surface area (Å²) in [6, 6.07) is 11.3. The first-order chi connectivity index (χ1) is 12.8. The molecule has 2 rings (SSSR count). The van der Waals surface area contributed by atoms with Crippen LogP contribution in [0.4, 0.5) is 10.1 Å². The molecule has 0 aliphatic rings. The topological polar surface area (TPSA) is 84.5 Å². The van der Waals surface area contributed by atoms with E-state index >= 15 is 0 Å². The van der Waals surface area contributed by atoms with E-state index in [0.717, 1.165) is 11.6 Å². The van der Waals surface area contributed by atoms with Gasteiger partial charge in [-0.1, -0.05) is 23.8 Å². The highest BCUT2D eigenvalue weighted by Gasteiger charge is 2.23. The molecule has 2 aromatic carbocycles. The fraction of sp³-hybridized carbons (Fsp3) is 0.250. The molecule has 142 valence electrons. The van der Waals surface area contributed by atoms with E-state index in [0.29, 0.717) is 5.56 Å². The van der Waals surface area contributed by atoms with Crippen molar-refractivity contribution in [1.29, 1.82) is 0 Å². The smallest absolute Gasteiger partial charge is 0.329 e. The number of carbonyl (C=O) groups is 3. The van der Waals surface area contributed by atoms with Crippen LogP contribution in [0.5, 0.6) is 0 Å². The minimum absolute atomic E-state index is 0.253. The fourth-order valence-electron chi connectivity index (χ4n) is 2.27. The van der Waals surface area contributed by atoms with E-state index in [4.69, 9.17) is 4.74 Å². The summed E-state index contributed by atoms with van der Waals surface area (Å²) in [7, 11) is 0. The number of aryl methyl sites for hydroxylation is 1. The number of rotatable bonds is 6. The van der Waals surface area contributed by atoms with Gasteiger partial charge < -0.3 is 15.4 Å². The Morgan fingerprint density at radius 3 is 2.41 bits per heavy atom. The van der Waals surface area contributed by atoms with Crippen LogP contribution in [0.2, 0.25) is 0 Å². The van der Waals surface area contributed by atoms with Gasteiger partial charge in [0.25, 0.3) is 11.8 Å². The van der Waals surface area contributed by atoms with Crippen molar-refractivity contribution in [1.82, 2.24) is 5.32 Å². The predicted octanol–water partition coefficient (Wildman–Crippen LogP) is 2.82. The standard InChI is InChI=1S/C20H21FN2O4/c1-12-6-4-7-15(10-12)19(25)22-13(2)20(26)27-14(3)18(24)23-17-9-5-8-16(21)11-17/h4-11,13-14H,1-3H3,(H,22,25)(H,23,24)/t13-,14-/m0/s1. The largest absolute Gasteiger partial charge is 0.451 e. The highest BCUT2D eigenvalue weighted by Crippen LogP contribution is 2.10. The molecule has 0 aliphatic carbocycles. The average molecular weight is 372 g/mol. The molecule has 2 atom stereocenters. The quantitative estimate of drug-likeness (QED) is 0.764. The molecule has 0 saturated carbocycles. The Hall–Kier alpha value is -3.22. The number of hydrogen-bond donors (Lipinski definition) is 2. The van der Waals surface area contributed by atoms with Crippen LogP contribution in [0.25, 0.3) is 0 Å². The number of hydrogen-bond acceptors (Lipinski definition) is 4. The molecule has 0 bridgehead atoms. The fourth-order valence-corrected chi connectivity index (χ4v) is 2.27. The van der Waals surface area contributed by atoms with Gasteiger partial charge in [0.15, 0.2) is 6.10 Å². The molecule has 6 nitrogen and oxygen atoms in total. The number of nitrogens with one attached hydrogen (secondary N) is 2. The van der Waals surface area contributed by atoms with Crippen LogP contribution in [0.15, 0.2) is 48.5 Å². The minimum atomic E-state index is -1.11. The van der Waals surface area contributed by atoms with Crippen LogP contribution in [0, 0.1) is 12.7 Å². The van der Waals surface area contributed by atoms with Crippen LogP contribution in [0.3, 0.4) is 0 Å². The molecule has 0 aliphatic heterocycles. The maximum atomic E-state index is 13.1. The summed E-state index contributed by atoms with van der Waals surface area (Å²) in [5.74, 6) is -2.27. The van der Waals surface area contributed by atoms with Gasteiger partial charge in [-0.15, -0.1) is 0 Å². The van der Waals surface area contributed by atoms with Crippen molar-refractivity contribution in [2.45, 2.75) is 32.9 Å². The van der Waals surface area contributed by atoms with Crippen molar-refractivity contribution in [3.8, 4) is 0 Å². The lowest BCUT2D eigenvalue weighted by atomic mass is 10.1. The SMILES string of the molecule is Cc1cccc(C(=O)N[C@@H](C)C(=O)O[C@@H](C)C(=O)Nc2cccc(F)c2)c1. The summed E-state index contributed by atoms with van der Waals surface area (Å²) >= 11 is 0. The maximum Gasteiger partial charge on any atom is 0.329 e. The first-order valence-corrected chi connectivity index (χ1v) is 8.40. The molecule has 2 amide bonds. The van der Waals surface area contributed by atoms with E-state index in [-0.39, 0.29) is 5.69 Å². The third-order valence-electron chi connectivity index (χ3n) is 3.74. The van der Waals surface area contributed by atoms with E-state index in [1.165, 1.54) is 32.0 Å². The summed E-state index contributed by atoms with van der Waals surface area (Å²) in [4.78, 5) is 36.4. The number of ether oxygens (including phenoxy) is 1. The normalized spacial score (nSPS) is 12.6. The molecule has 0 aromatic heterocycles. The number of esters is 1. The first kappa shape index (κ1) is 20.1. The monoisotopic (exact) mass is 372 g/mol. The molecule has 2 N–H and O–H groups in total. The molecule has 0 unspecified atom stereocenters. The van der Waals surface area contributed by atoms with Crippen molar-refractivity contribution < 1.29 is 23.5 Å². The molecule has 0 heterocycles. The van der Waals surface area contributed by atoms with Gasteiger partial charge in [0.1, 0.15) is 11.9 Å². The Morgan fingerprint density at radius 1 is 1.04 bits per heavy atom. The second kappa shape index (κ2) is 8.93. The van der Waals surface area contributed by atoms with Gasteiger partial charge in [0, 0.05) is 11.3 Å². The van der Waals surface area contributed by atoms with Crippen molar-refractivity contribution >= 4 is 23.5 Å². The van der Waals surface area contributed by atoms with Crippen LogP contribution < -0.4 is 10.6 Å². The Bertz CT molecular complexity index is 853. The molecule has 7 heteroatoms. The summed E-state index contributed by atoms with van der Waals surface area (Å²) in [5.41, 5.74) is 1.59. The molecule has 0 spiro atoms. The van der Waals surface area contributed by atoms with Gasteiger partial charge in [-0.25, -0.2) is 9.18 Å². The zero-order valence-electron chi connectivity index (χ0n) is 15.3. The van der Waals surface area contributed by atoms with Crippen LogP contribution in [-0.2, 0) is 14.3 Å². The molecule has 0 saturated heterocycles. The third-order valence-corrected chi connectivity index (χ3v) is 3.74. The lowest BCUT2D eigenvalue weighted by Gasteiger charge is -2.17. The third kappa shape index (κ3) is 5.91. The summed E-state index contributed by atoms with van der Waals surface area (Å²) in [5, 5.41) is 4.99. The zero-order valence-corrected chi connectivity index (χ0v) is 15.3. The van der Waals surface area contributed by atoms with E-state index in [9.17, 15) is 18.8 Å². The Morgan fingerprint density at radius 2 is 1.74 bits per heavy atom. The molecular formula is C20H21FN2O4. The lowest BCUT2D eigenvalue weighted by Crippen LogP contribution is -2.42. The number of anilines is 1. The summed E-state index contributed by atoms with van der Waals surface area (Å²) < 4.78 is 18.2. The second-order valence-corrected chi connectivity index (χ2v) is 6.14. The highest BCUT2D eigenvalue weighted by molar-refractivity contribution is 5.98. The van der Waals surface area contributed by atoms with Crippen LogP contribution in [-0.4, -0.2) is 29.9 Å². The van der Waals surface area contributed by atoms with Crippen molar-refractivity contribution in [3.05, 3.63) is 65.5 Å². The molecule has 0 radical (unpaired) electrons. The first-order valence-electron chi connectivity index (χ1n) is 8.40. The predicted molar refractivity (Wildman–Crippen MR) is 98.7 cm³/mol. The number of carbonyl (C=O) groups excluding carboxylic acids is 3. The minimum Gasteiger partial charge on any atom is -0.451 e. The van der Waals surface area contributed by atoms with Gasteiger partial charge in [-0.05, 0) is 51.1 Å². The van der Waals surface area contributed by atoms with E-state index in [1.807, 2.05) is 13.0 Å². The number of amides is 2. The molecule has 27 heavy (non-hydrogen) atoms. The van der Waals surface area contributed by atoms with Crippen molar-refractivity contribution in [2.24, 2.45) is 0 Å². The molecular weight excluding hydrogens is 351 g/mol. The highest BCUT2D eigenvalue weighted by atomic mass is 19.1. The van der Waals surface area contributed by atoms with E-state index in [2.05, 4.69) is 10.6 Å². The molecule has 0 fully saturated rings. The van der Waals surface area contributed by atoms with Crippen molar-refractivity contribution in [2.75, 3.05) is 5.32 Å². The number of benzene rings is 2. The van der Waals surface area contributed by atoms with Gasteiger partial charge in [0.05, 0.1) is 0 Å². The summed E-state index contributed by atoms with van der Waals surface area (Å²) in [6.07, 6.45) is -1.11. The summed E-state index contributed by atoms with van der Waals surface area (Å²) in [6.45, 7) is 4.71. The Kier molecular flexibility index (Phi) is 6.65. The second-order valence-electron chi connectivity index (χ2n) is 6.14. The van der Waals surface area contributed by atoms with Crippen LogP contribution in [0.1, 0.15) is 29.8 Å². The van der Waals surface area contributed by atoms with E-state index < -0.39 is 35.7 Å². The average Bonchev–Trinajstić information content (AvgIpc) is 2.61. The van der Waals surface area contributed by atoms with Crippen LogP contribution >= 0.6 is 0 Å². The Labute approximate surface area is 156 Å². The van der Waals surface area contributed by atoms with Gasteiger partial charge in [-0.3, -0.25) is 9.59 Å². The Balaban J connectivity index is 1.89. The molecule has 2 aromatic rings.